The zero-order chi connectivity index (χ0) is 22.1. The quantitative estimate of drug-likeness (QED) is 0.399. The van der Waals surface area contributed by atoms with E-state index in [0.29, 0.717) is 33.6 Å². The van der Waals surface area contributed by atoms with Gasteiger partial charge < -0.3 is 20.1 Å². The van der Waals surface area contributed by atoms with Crippen molar-refractivity contribution in [2.24, 2.45) is 4.99 Å². The minimum Gasteiger partial charge on any atom is -0.457 e. The maximum Gasteiger partial charge on any atom is 0.435 e. The van der Waals surface area contributed by atoms with Crippen LogP contribution in [-0.2, 0) is 4.74 Å². The second kappa shape index (κ2) is 10.8. The normalized spacial score (nSPS) is 10.8. The van der Waals surface area contributed by atoms with Crippen LogP contribution in [0.1, 0.15) is 10.4 Å². The molecule has 0 saturated carbocycles. The summed E-state index contributed by atoms with van der Waals surface area (Å²) in [5, 5.41) is 6.26. The van der Waals surface area contributed by atoms with Crippen molar-refractivity contribution >= 4 is 40.3 Å². The van der Waals surface area contributed by atoms with E-state index in [2.05, 4.69) is 20.4 Å². The fourth-order valence-electron chi connectivity index (χ4n) is 2.58. The van der Waals surface area contributed by atoms with Crippen molar-refractivity contribution in [1.29, 1.82) is 0 Å². The maximum absolute atomic E-state index is 12.7. The SMILES string of the molecule is COC(=O)/N=C(/Nc1ccc(Oc2ccccc2)cc1NC(=O)c1ccccc1)SC. The number of amides is 2. The number of amidine groups is 1. The number of hydrogen-bond donors (Lipinski definition) is 2. The van der Waals surface area contributed by atoms with E-state index in [4.69, 9.17) is 4.74 Å². The number of thioether (sulfide) groups is 1. The van der Waals surface area contributed by atoms with Crippen LogP contribution >= 0.6 is 11.8 Å². The number of carbonyl (C=O) groups excluding carboxylic acids is 2. The number of benzene rings is 3. The number of anilines is 2. The van der Waals surface area contributed by atoms with Gasteiger partial charge in [-0.3, -0.25) is 4.79 Å². The van der Waals surface area contributed by atoms with E-state index in [1.54, 1.807) is 48.7 Å². The van der Waals surface area contributed by atoms with Crippen LogP contribution in [0.5, 0.6) is 11.5 Å². The van der Waals surface area contributed by atoms with E-state index < -0.39 is 6.09 Å². The van der Waals surface area contributed by atoms with Crippen LogP contribution in [0.25, 0.3) is 0 Å². The Morgan fingerprint density at radius 1 is 0.839 bits per heavy atom. The first-order chi connectivity index (χ1) is 15.1. The molecule has 0 aliphatic heterocycles. The Labute approximate surface area is 184 Å². The average molecular weight is 436 g/mol. The van der Waals surface area contributed by atoms with E-state index in [1.807, 2.05) is 36.4 Å². The number of methoxy groups -OCH3 is 1. The van der Waals surface area contributed by atoms with Crippen LogP contribution in [0, 0.1) is 0 Å². The second-order valence-corrected chi connectivity index (χ2v) is 6.95. The molecule has 0 radical (unpaired) electrons. The van der Waals surface area contributed by atoms with E-state index in [9.17, 15) is 9.59 Å². The number of nitrogens with one attached hydrogen (secondary N) is 2. The molecule has 0 heterocycles. The largest absolute Gasteiger partial charge is 0.457 e. The smallest absolute Gasteiger partial charge is 0.435 e. The van der Waals surface area contributed by atoms with Crippen LogP contribution in [0.3, 0.4) is 0 Å². The third-order valence-electron chi connectivity index (χ3n) is 4.06. The first kappa shape index (κ1) is 21.9. The maximum atomic E-state index is 12.7. The zero-order valence-electron chi connectivity index (χ0n) is 17.0. The molecule has 2 amide bonds. The van der Waals surface area contributed by atoms with Crippen LogP contribution in [0.15, 0.2) is 83.9 Å². The summed E-state index contributed by atoms with van der Waals surface area (Å²) in [6, 6.07) is 23.4. The molecule has 0 saturated heterocycles. The van der Waals surface area contributed by atoms with Gasteiger partial charge in [0.25, 0.3) is 5.91 Å². The predicted octanol–water partition coefficient (Wildman–Crippen LogP) is 5.63. The van der Waals surface area contributed by atoms with Gasteiger partial charge in [0.2, 0.25) is 0 Å². The van der Waals surface area contributed by atoms with E-state index in [-0.39, 0.29) is 5.91 Å². The van der Waals surface area contributed by atoms with Crippen molar-refractivity contribution in [3.05, 3.63) is 84.4 Å². The average Bonchev–Trinajstić information content (AvgIpc) is 2.81. The van der Waals surface area contributed by atoms with Crippen molar-refractivity contribution in [3.63, 3.8) is 0 Å². The molecule has 31 heavy (non-hydrogen) atoms. The highest BCUT2D eigenvalue weighted by atomic mass is 32.2. The molecule has 8 heteroatoms. The summed E-state index contributed by atoms with van der Waals surface area (Å²) in [4.78, 5) is 28.1. The van der Waals surface area contributed by atoms with Gasteiger partial charge in [-0.25, -0.2) is 4.79 Å². The molecular weight excluding hydrogens is 414 g/mol. The van der Waals surface area contributed by atoms with E-state index >= 15 is 0 Å². The molecule has 0 aliphatic rings. The van der Waals surface area contributed by atoms with Crippen LogP contribution in [0.4, 0.5) is 16.2 Å². The summed E-state index contributed by atoms with van der Waals surface area (Å²) in [6.07, 6.45) is 1.04. The number of aliphatic imine (C=N–C) groups is 1. The molecule has 2 N–H and O–H groups in total. The van der Waals surface area contributed by atoms with Crippen LogP contribution < -0.4 is 15.4 Å². The van der Waals surface area contributed by atoms with E-state index in [0.717, 1.165) is 0 Å². The first-order valence-electron chi connectivity index (χ1n) is 9.30. The summed E-state index contributed by atoms with van der Waals surface area (Å²) >= 11 is 1.23. The number of ether oxygens (including phenoxy) is 2. The third kappa shape index (κ3) is 6.35. The highest BCUT2D eigenvalue weighted by Crippen LogP contribution is 2.31. The second-order valence-electron chi connectivity index (χ2n) is 6.16. The molecule has 158 valence electrons. The monoisotopic (exact) mass is 435 g/mol. The van der Waals surface area contributed by atoms with Gasteiger partial charge in [-0.05, 0) is 42.7 Å². The number of nitrogens with zero attached hydrogens (tertiary/aromatic N) is 1. The molecule has 0 atom stereocenters. The van der Waals surface area contributed by atoms with Gasteiger partial charge in [0.05, 0.1) is 18.5 Å². The van der Waals surface area contributed by atoms with Gasteiger partial charge in [-0.1, -0.05) is 48.2 Å². The summed E-state index contributed by atoms with van der Waals surface area (Å²) in [5.74, 6) is 0.924. The molecule has 0 bridgehead atoms. The van der Waals surface area contributed by atoms with Gasteiger partial charge in [0, 0.05) is 11.6 Å². The van der Waals surface area contributed by atoms with Crippen LogP contribution in [-0.4, -0.2) is 30.5 Å². The van der Waals surface area contributed by atoms with E-state index in [1.165, 1.54) is 18.9 Å². The van der Waals surface area contributed by atoms with Gasteiger partial charge in [-0.15, -0.1) is 0 Å². The van der Waals surface area contributed by atoms with Crippen molar-refractivity contribution in [2.45, 2.75) is 0 Å². The summed E-state index contributed by atoms with van der Waals surface area (Å²) < 4.78 is 10.5. The van der Waals surface area contributed by atoms with Gasteiger partial charge in [0.15, 0.2) is 5.17 Å². The predicted molar refractivity (Wildman–Crippen MR) is 124 cm³/mol. The molecule has 0 aromatic heterocycles. The topological polar surface area (TPSA) is 89.0 Å². The number of carbonyl (C=O) groups is 2. The number of hydrogen-bond acceptors (Lipinski definition) is 5. The molecule has 3 aromatic carbocycles. The van der Waals surface area contributed by atoms with Crippen molar-refractivity contribution in [3.8, 4) is 11.5 Å². The van der Waals surface area contributed by atoms with Crippen molar-refractivity contribution in [2.75, 3.05) is 24.0 Å². The van der Waals surface area contributed by atoms with Gasteiger partial charge in [0.1, 0.15) is 11.5 Å². The highest BCUT2D eigenvalue weighted by molar-refractivity contribution is 8.13. The Morgan fingerprint density at radius 2 is 1.52 bits per heavy atom. The Hall–Kier alpha value is -3.78. The van der Waals surface area contributed by atoms with Gasteiger partial charge >= 0.3 is 6.09 Å². The number of para-hydroxylation sites is 1. The third-order valence-corrected chi connectivity index (χ3v) is 4.64. The lowest BCUT2D eigenvalue weighted by atomic mass is 10.2. The molecule has 0 fully saturated rings. The van der Waals surface area contributed by atoms with Crippen LogP contribution in [0.2, 0.25) is 0 Å². The molecule has 0 spiro atoms. The fourth-order valence-corrected chi connectivity index (χ4v) is 2.95. The molecule has 7 nitrogen and oxygen atoms in total. The lowest BCUT2D eigenvalue weighted by Crippen LogP contribution is -2.16. The molecule has 3 rings (SSSR count). The Morgan fingerprint density at radius 3 is 2.16 bits per heavy atom. The Bertz CT molecular complexity index is 1070. The molecule has 3 aromatic rings. The zero-order valence-corrected chi connectivity index (χ0v) is 17.8. The minimum atomic E-state index is -0.726. The fraction of sp³-hybridized carbons (Fsp3) is 0.0870. The lowest BCUT2D eigenvalue weighted by molar-refractivity contribution is 0.102. The molecular formula is C23H21N3O4S. The highest BCUT2D eigenvalue weighted by Gasteiger charge is 2.13. The Kier molecular flexibility index (Phi) is 7.67. The van der Waals surface area contributed by atoms with Crippen molar-refractivity contribution in [1.82, 2.24) is 0 Å². The first-order valence-corrected chi connectivity index (χ1v) is 10.5. The Balaban J connectivity index is 1.91. The summed E-state index contributed by atoms with van der Waals surface area (Å²) in [6.45, 7) is 0. The standard InChI is InChI=1S/C23H21N3O4S/c1-29-23(28)26-22(31-2)25-19-14-13-18(30-17-11-7-4-8-12-17)15-20(19)24-21(27)16-9-5-3-6-10-16/h3-15H,1-2H3,(H,24,27)(H,25,26,28). The lowest BCUT2D eigenvalue weighted by Gasteiger charge is -2.15. The van der Waals surface area contributed by atoms with Crippen molar-refractivity contribution < 1.29 is 19.1 Å². The summed E-state index contributed by atoms with van der Waals surface area (Å²) in [7, 11) is 1.25. The summed E-state index contributed by atoms with van der Waals surface area (Å²) in [5.41, 5.74) is 1.52. The minimum absolute atomic E-state index is 0.281. The number of rotatable bonds is 5. The molecule has 0 aliphatic carbocycles. The van der Waals surface area contributed by atoms with Gasteiger partial charge in [-0.2, -0.15) is 4.99 Å². The molecule has 0 unspecified atom stereocenters.